The molecular weight excluding hydrogens is 464 g/mol. The summed E-state index contributed by atoms with van der Waals surface area (Å²) in [6.07, 6.45) is 5.62. The third kappa shape index (κ3) is 3.71. The molecule has 3 aliphatic rings. The van der Waals surface area contributed by atoms with Crippen LogP contribution in [0.5, 0.6) is 5.75 Å². The first-order valence-corrected chi connectivity index (χ1v) is 12.5. The summed E-state index contributed by atoms with van der Waals surface area (Å²) in [4.78, 5) is 25.7. The second kappa shape index (κ2) is 8.16. The number of halogens is 1. The second-order valence-electron chi connectivity index (χ2n) is 10.0. The van der Waals surface area contributed by atoms with Crippen molar-refractivity contribution >= 4 is 17.6 Å². The Bertz CT molecular complexity index is 1380. The highest BCUT2D eigenvalue weighted by molar-refractivity contribution is 6.32. The monoisotopic (exact) mass is 490 g/mol. The van der Waals surface area contributed by atoms with Crippen molar-refractivity contribution in [1.29, 1.82) is 0 Å². The first kappa shape index (κ1) is 22.2. The summed E-state index contributed by atoms with van der Waals surface area (Å²) in [5.74, 6) is 0.0493. The number of hydrogen-bond donors (Lipinski definition) is 0. The van der Waals surface area contributed by atoms with Crippen molar-refractivity contribution in [1.82, 2.24) is 4.68 Å². The number of hydrogen-bond acceptors (Lipinski definition) is 5. The quantitative estimate of drug-likeness (QED) is 0.434. The fraction of sp³-hybridized carbons (Fsp3) is 0.357. The van der Waals surface area contributed by atoms with Gasteiger partial charge in [-0.1, -0.05) is 41.9 Å². The summed E-state index contributed by atoms with van der Waals surface area (Å²) in [5.41, 5.74) is 3.60. The number of rotatable bonds is 5. The average Bonchev–Trinajstić information content (AvgIpc) is 3.51. The SMILES string of the molecule is CC(C)OC(=O)c1cn2c(cc1=O)-c1cc(Cl)c(OCc3ccccc3)cc1[C@H]1CCC3(CC3)N12. The molecule has 1 spiro atoms. The Balaban J connectivity index is 1.45. The van der Waals surface area contributed by atoms with E-state index in [1.165, 1.54) is 0 Å². The topological polar surface area (TPSA) is 60.8 Å². The number of carbonyl (C=O) groups is 1. The lowest BCUT2D eigenvalue weighted by molar-refractivity contribution is 0.0375. The van der Waals surface area contributed by atoms with Gasteiger partial charge in [-0.3, -0.25) is 14.5 Å². The Morgan fingerprint density at radius 1 is 1.14 bits per heavy atom. The largest absolute Gasteiger partial charge is 0.487 e. The van der Waals surface area contributed by atoms with E-state index in [2.05, 4.69) is 5.01 Å². The van der Waals surface area contributed by atoms with Gasteiger partial charge in [0.15, 0.2) is 5.43 Å². The van der Waals surface area contributed by atoms with Gasteiger partial charge in [0.2, 0.25) is 0 Å². The molecule has 0 N–H and O–H groups in total. The minimum atomic E-state index is -0.589. The van der Waals surface area contributed by atoms with Crippen LogP contribution in [0.15, 0.2) is 59.5 Å². The molecule has 0 amide bonds. The molecule has 1 saturated heterocycles. The Morgan fingerprint density at radius 3 is 2.63 bits per heavy atom. The highest BCUT2D eigenvalue weighted by atomic mass is 35.5. The number of benzene rings is 2. The van der Waals surface area contributed by atoms with Gasteiger partial charge >= 0.3 is 5.97 Å². The second-order valence-corrected chi connectivity index (χ2v) is 10.4. The molecule has 6 rings (SSSR count). The van der Waals surface area contributed by atoms with Crippen LogP contribution < -0.4 is 15.2 Å². The maximum atomic E-state index is 13.0. The van der Waals surface area contributed by atoms with Crippen LogP contribution in [-0.4, -0.2) is 22.3 Å². The molecule has 1 atom stereocenters. The van der Waals surface area contributed by atoms with Gasteiger partial charge in [0, 0.05) is 17.8 Å². The third-order valence-corrected chi connectivity index (χ3v) is 7.59. The highest BCUT2D eigenvalue weighted by Gasteiger charge is 2.57. The summed E-state index contributed by atoms with van der Waals surface area (Å²) >= 11 is 6.68. The molecule has 3 aromatic rings. The molecule has 2 fully saturated rings. The van der Waals surface area contributed by atoms with Gasteiger partial charge in [0.05, 0.1) is 28.4 Å². The molecule has 0 radical (unpaired) electrons. The van der Waals surface area contributed by atoms with Crippen LogP contribution in [0.25, 0.3) is 11.3 Å². The maximum absolute atomic E-state index is 13.0. The smallest absolute Gasteiger partial charge is 0.343 e. The molecule has 0 bridgehead atoms. The van der Waals surface area contributed by atoms with Crippen LogP contribution in [-0.2, 0) is 11.3 Å². The summed E-state index contributed by atoms with van der Waals surface area (Å²) < 4.78 is 13.5. The molecule has 6 nitrogen and oxygen atoms in total. The van der Waals surface area contributed by atoms with Crippen LogP contribution in [0.4, 0.5) is 0 Å². The van der Waals surface area contributed by atoms with Crippen molar-refractivity contribution in [2.24, 2.45) is 0 Å². The number of ether oxygens (including phenoxy) is 2. The fourth-order valence-electron chi connectivity index (χ4n) is 5.51. The van der Waals surface area contributed by atoms with Crippen molar-refractivity contribution in [2.45, 2.75) is 63.8 Å². The first-order valence-electron chi connectivity index (χ1n) is 12.1. The molecule has 2 aliphatic heterocycles. The molecule has 180 valence electrons. The summed E-state index contributed by atoms with van der Waals surface area (Å²) in [5, 5.41) is 2.86. The standard InChI is InChI=1S/C28H27ClN2O4/c1-17(2)35-27(33)21-15-30-24(14-25(21)32)19-12-22(29)26(34-16-18-6-4-3-5-7-18)13-20(19)23-8-9-28(10-11-28)31(23)30/h3-7,12-15,17,23H,8-11,16H2,1-2H3/t23-/m1/s1. The van der Waals surface area contributed by atoms with Crippen LogP contribution in [0.3, 0.4) is 0 Å². The van der Waals surface area contributed by atoms with Crippen LogP contribution >= 0.6 is 11.6 Å². The lowest BCUT2D eigenvalue weighted by atomic mass is 9.94. The highest BCUT2D eigenvalue weighted by Crippen LogP contribution is 2.58. The van der Waals surface area contributed by atoms with E-state index in [1.54, 1.807) is 26.1 Å². The zero-order chi connectivity index (χ0) is 24.3. The van der Waals surface area contributed by atoms with Gasteiger partial charge in [-0.15, -0.1) is 0 Å². The van der Waals surface area contributed by atoms with Crippen molar-refractivity contribution in [3.05, 3.63) is 86.7 Å². The van der Waals surface area contributed by atoms with Crippen molar-refractivity contribution < 1.29 is 14.3 Å². The molecular formula is C28H27ClN2O4. The van der Waals surface area contributed by atoms with Crippen LogP contribution in [0.2, 0.25) is 5.02 Å². The Hall–Kier alpha value is -3.25. The third-order valence-electron chi connectivity index (χ3n) is 7.29. The minimum absolute atomic E-state index is 0.0567. The van der Waals surface area contributed by atoms with E-state index in [1.807, 2.05) is 47.1 Å². The zero-order valence-corrected chi connectivity index (χ0v) is 20.5. The summed E-state index contributed by atoms with van der Waals surface area (Å²) in [7, 11) is 0. The van der Waals surface area contributed by atoms with E-state index in [4.69, 9.17) is 21.1 Å². The van der Waals surface area contributed by atoms with Gasteiger partial charge in [-0.05, 0) is 62.8 Å². The number of fused-ring (bicyclic) bond motifs is 7. The molecule has 1 saturated carbocycles. The normalized spacial score (nSPS) is 18.7. The maximum Gasteiger partial charge on any atom is 0.343 e. The number of pyridine rings is 1. The molecule has 35 heavy (non-hydrogen) atoms. The summed E-state index contributed by atoms with van der Waals surface area (Å²) in [6, 6.07) is 15.6. The van der Waals surface area contributed by atoms with Gasteiger partial charge in [-0.25, -0.2) is 4.79 Å². The first-order chi connectivity index (χ1) is 16.9. The molecule has 1 aliphatic carbocycles. The minimum Gasteiger partial charge on any atom is -0.487 e. The van der Waals surface area contributed by atoms with E-state index in [-0.39, 0.29) is 28.7 Å². The number of esters is 1. The predicted octanol–water partition coefficient (Wildman–Crippen LogP) is 5.63. The van der Waals surface area contributed by atoms with Gasteiger partial charge in [-0.2, -0.15) is 0 Å². The molecule has 1 aromatic heterocycles. The van der Waals surface area contributed by atoms with E-state index in [0.717, 1.165) is 48.1 Å². The molecule has 0 unspecified atom stereocenters. The fourth-order valence-corrected chi connectivity index (χ4v) is 5.73. The Morgan fingerprint density at radius 2 is 1.91 bits per heavy atom. The van der Waals surface area contributed by atoms with Gasteiger partial charge in [0.25, 0.3) is 0 Å². The zero-order valence-electron chi connectivity index (χ0n) is 19.8. The average molecular weight is 491 g/mol. The van der Waals surface area contributed by atoms with E-state index in [0.29, 0.717) is 17.4 Å². The van der Waals surface area contributed by atoms with Gasteiger partial charge < -0.3 is 9.47 Å². The van der Waals surface area contributed by atoms with Crippen molar-refractivity contribution in [3.63, 3.8) is 0 Å². The van der Waals surface area contributed by atoms with Crippen LogP contribution in [0.1, 0.15) is 67.1 Å². The predicted molar refractivity (Wildman–Crippen MR) is 135 cm³/mol. The number of aromatic nitrogens is 1. The molecule has 3 heterocycles. The van der Waals surface area contributed by atoms with Crippen molar-refractivity contribution in [2.75, 3.05) is 5.01 Å². The number of nitrogens with zero attached hydrogens (tertiary/aromatic N) is 2. The Kier molecular flexibility index (Phi) is 5.18. The molecule has 2 aromatic carbocycles. The number of carbonyl (C=O) groups excluding carboxylic acids is 1. The van der Waals surface area contributed by atoms with Crippen molar-refractivity contribution in [3.8, 4) is 17.0 Å². The lowest BCUT2D eigenvalue weighted by Crippen LogP contribution is -2.46. The lowest BCUT2D eigenvalue weighted by Gasteiger charge is -2.41. The van der Waals surface area contributed by atoms with E-state index < -0.39 is 5.97 Å². The van der Waals surface area contributed by atoms with Crippen LogP contribution in [0, 0.1) is 0 Å². The van der Waals surface area contributed by atoms with E-state index >= 15 is 0 Å². The molecule has 7 heteroatoms. The van der Waals surface area contributed by atoms with Gasteiger partial charge in [0.1, 0.15) is 17.9 Å². The Labute approximate surface area is 209 Å². The summed E-state index contributed by atoms with van der Waals surface area (Å²) in [6.45, 7) is 3.98. The van der Waals surface area contributed by atoms with E-state index in [9.17, 15) is 9.59 Å².